The van der Waals surface area contributed by atoms with E-state index in [-0.39, 0.29) is 30.8 Å². The molecule has 116 valence electrons. The van der Waals surface area contributed by atoms with Crippen molar-refractivity contribution in [2.75, 3.05) is 11.9 Å². The second-order valence-corrected chi connectivity index (χ2v) is 5.14. The van der Waals surface area contributed by atoms with E-state index in [1.54, 1.807) is 24.3 Å². The van der Waals surface area contributed by atoms with Crippen LogP contribution in [0.4, 0.5) is 5.69 Å². The van der Waals surface area contributed by atoms with E-state index in [0.717, 1.165) is 12.8 Å². The van der Waals surface area contributed by atoms with Crippen molar-refractivity contribution in [1.29, 1.82) is 0 Å². The molecule has 4 N–H and O–H groups in total. The molecule has 0 unspecified atom stereocenters. The molecule has 21 heavy (non-hydrogen) atoms. The summed E-state index contributed by atoms with van der Waals surface area (Å²) in [5.74, 6) is -0.294. The van der Waals surface area contributed by atoms with Gasteiger partial charge in [0.15, 0.2) is 0 Å². The minimum absolute atomic E-state index is 0. The van der Waals surface area contributed by atoms with Crippen LogP contribution in [0.25, 0.3) is 0 Å². The average molecular weight is 312 g/mol. The number of benzene rings is 1. The lowest BCUT2D eigenvalue weighted by Crippen LogP contribution is -2.36. The highest BCUT2D eigenvalue weighted by Crippen LogP contribution is 2.18. The molecule has 2 rings (SSSR count). The van der Waals surface area contributed by atoms with Crippen LogP contribution in [0.15, 0.2) is 24.3 Å². The highest BCUT2D eigenvalue weighted by molar-refractivity contribution is 5.96. The predicted octanol–water partition coefficient (Wildman–Crippen LogP) is 2.07. The molecular formula is C15H22ClN3O2. The second kappa shape index (κ2) is 8.64. The Morgan fingerprint density at radius 3 is 2.29 bits per heavy atom. The van der Waals surface area contributed by atoms with E-state index >= 15 is 0 Å². The molecule has 0 heterocycles. The van der Waals surface area contributed by atoms with Crippen LogP contribution in [-0.4, -0.2) is 24.4 Å². The third-order valence-corrected chi connectivity index (χ3v) is 3.56. The summed E-state index contributed by atoms with van der Waals surface area (Å²) in [7, 11) is 0. The van der Waals surface area contributed by atoms with Gasteiger partial charge in [0.2, 0.25) is 5.91 Å². The van der Waals surface area contributed by atoms with Crippen molar-refractivity contribution >= 4 is 29.9 Å². The third-order valence-electron chi connectivity index (χ3n) is 3.56. The number of hydrogen-bond acceptors (Lipinski definition) is 3. The molecule has 0 bridgehead atoms. The van der Waals surface area contributed by atoms with E-state index in [4.69, 9.17) is 5.73 Å². The van der Waals surface area contributed by atoms with E-state index < -0.39 is 0 Å². The molecule has 1 fully saturated rings. The summed E-state index contributed by atoms with van der Waals surface area (Å²) >= 11 is 0. The zero-order chi connectivity index (χ0) is 14.4. The highest BCUT2D eigenvalue weighted by Gasteiger charge is 2.16. The van der Waals surface area contributed by atoms with Gasteiger partial charge in [-0.25, -0.2) is 0 Å². The average Bonchev–Trinajstić information content (AvgIpc) is 2.49. The standard InChI is InChI=1S/C15H21N3O2.ClH/c16-10-14(19)17-13-8-6-11(7-9-13)15(20)18-12-4-2-1-3-5-12;/h6-9,12H,1-5,10,16H2,(H,17,19)(H,18,20);1H. The van der Waals surface area contributed by atoms with Gasteiger partial charge in [0.1, 0.15) is 0 Å². The van der Waals surface area contributed by atoms with Crippen molar-refractivity contribution in [3.05, 3.63) is 29.8 Å². The van der Waals surface area contributed by atoms with Crippen molar-refractivity contribution in [3.63, 3.8) is 0 Å². The Morgan fingerprint density at radius 2 is 1.71 bits per heavy atom. The van der Waals surface area contributed by atoms with Crippen LogP contribution < -0.4 is 16.4 Å². The van der Waals surface area contributed by atoms with E-state index in [9.17, 15) is 9.59 Å². The molecule has 0 saturated heterocycles. The first-order chi connectivity index (χ1) is 9.69. The minimum Gasteiger partial charge on any atom is -0.349 e. The fraction of sp³-hybridized carbons (Fsp3) is 0.467. The van der Waals surface area contributed by atoms with Gasteiger partial charge in [-0.05, 0) is 37.1 Å². The molecule has 1 aromatic carbocycles. The number of hydrogen-bond donors (Lipinski definition) is 3. The number of carbonyl (C=O) groups is 2. The van der Waals surface area contributed by atoms with Crippen LogP contribution in [0.2, 0.25) is 0 Å². The molecule has 0 aromatic heterocycles. The van der Waals surface area contributed by atoms with Crippen molar-refractivity contribution in [3.8, 4) is 0 Å². The number of rotatable bonds is 4. The molecule has 2 amide bonds. The quantitative estimate of drug-likeness (QED) is 0.796. The van der Waals surface area contributed by atoms with Crippen LogP contribution >= 0.6 is 12.4 Å². The summed E-state index contributed by atoms with van der Waals surface area (Å²) in [4.78, 5) is 23.2. The Hall–Kier alpha value is -1.59. The lowest BCUT2D eigenvalue weighted by atomic mass is 9.95. The summed E-state index contributed by atoms with van der Waals surface area (Å²) in [6, 6.07) is 7.15. The fourth-order valence-electron chi connectivity index (χ4n) is 2.43. The molecule has 5 nitrogen and oxygen atoms in total. The summed E-state index contributed by atoms with van der Waals surface area (Å²) in [6.45, 7) is -0.0517. The predicted molar refractivity (Wildman–Crippen MR) is 85.7 cm³/mol. The minimum atomic E-state index is -0.246. The summed E-state index contributed by atoms with van der Waals surface area (Å²) in [6.07, 6.45) is 5.78. The maximum Gasteiger partial charge on any atom is 0.251 e. The van der Waals surface area contributed by atoms with Crippen LogP contribution in [0.1, 0.15) is 42.5 Å². The molecular weight excluding hydrogens is 290 g/mol. The molecule has 1 saturated carbocycles. The fourth-order valence-corrected chi connectivity index (χ4v) is 2.43. The summed E-state index contributed by atoms with van der Waals surface area (Å²) < 4.78 is 0. The number of halogens is 1. The van der Waals surface area contributed by atoms with Crippen LogP contribution in [0.3, 0.4) is 0 Å². The highest BCUT2D eigenvalue weighted by atomic mass is 35.5. The van der Waals surface area contributed by atoms with Gasteiger partial charge in [-0.1, -0.05) is 19.3 Å². The number of anilines is 1. The molecule has 0 radical (unpaired) electrons. The topological polar surface area (TPSA) is 84.2 Å². The van der Waals surface area contributed by atoms with Gasteiger partial charge in [-0.2, -0.15) is 0 Å². The van der Waals surface area contributed by atoms with Gasteiger partial charge in [0, 0.05) is 17.3 Å². The Labute approximate surface area is 131 Å². The number of nitrogens with two attached hydrogens (primary N) is 1. The van der Waals surface area contributed by atoms with Gasteiger partial charge in [0.25, 0.3) is 5.91 Å². The summed E-state index contributed by atoms with van der Waals surface area (Å²) in [5.41, 5.74) is 6.49. The van der Waals surface area contributed by atoms with Gasteiger partial charge >= 0.3 is 0 Å². The lowest BCUT2D eigenvalue weighted by molar-refractivity contribution is -0.114. The van der Waals surface area contributed by atoms with Crippen LogP contribution in [0, 0.1) is 0 Å². The van der Waals surface area contributed by atoms with Gasteiger partial charge in [-0.3, -0.25) is 9.59 Å². The molecule has 0 spiro atoms. The van der Waals surface area contributed by atoms with E-state index in [2.05, 4.69) is 10.6 Å². The smallest absolute Gasteiger partial charge is 0.251 e. The number of nitrogens with one attached hydrogen (secondary N) is 2. The van der Waals surface area contributed by atoms with E-state index in [1.807, 2.05) is 0 Å². The van der Waals surface area contributed by atoms with Crippen molar-refractivity contribution < 1.29 is 9.59 Å². The Morgan fingerprint density at radius 1 is 1.10 bits per heavy atom. The van der Waals surface area contributed by atoms with Gasteiger partial charge in [-0.15, -0.1) is 12.4 Å². The third kappa shape index (κ3) is 5.36. The number of amides is 2. The first-order valence-electron chi connectivity index (χ1n) is 7.10. The zero-order valence-corrected chi connectivity index (χ0v) is 12.7. The Kier molecular flexibility index (Phi) is 7.19. The van der Waals surface area contributed by atoms with Crippen molar-refractivity contribution in [2.24, 2.45) is 5.73 Å². The lowest BCUT2D eigenvalue weighted by Gasteiger charge is -2.22. The largest absolute Gasteiger partial charge is 0.349 e. The second-order valence-electron chi connectivity index (χ2n) is 5.14. The normalized spacial score (nSPS) is 14.9. The van der Waals surface area contributed by atoms with Gasteiger partial charge < -0.3 is 16.4 Å². The molecule has 0 atom stereocenters. The first-order valence-corrected chi connectivity index (χ1v) is 7.10. The monoisotopic (exact) mass is 311 g/mol. The van der Waals surface area contributed by atoms with Gasteiger partial charge in [0.05, 0.1) is 6.54 Å². The van der Waals surface area contributed by atoms with E-state index in [1.165, 1.54) is 19.3 Å². The molecule has 0 aliphatic heterocycles. The van der Waals surface area contributed by atoms with Crippen LogP contribution in [-0.2, 0) is 4.79 Å². The maximum atomic E-state index is 12.1. The maximum absolute atomic E-state index is 12.1. The van der Waals surface area contributed by atoms with Crippen LogP contribution in [0.5, 0.6) is 0 Å². The van der Waals surface area contributed by atoms with Crippen molar-refractivity contribution in [1.82, 2.24) is 5.32 Å². The zero-order valence-electron chi connectivity index (χ0n) is 11.9. The first kappa shape index (κ1) is 17.5. The molecule has 1 aliphatic carbocycles. The summed E-state index contributed by atoms with van der Waals surface area (Å²) in [5, 5.41) is 5.70. The SMILES string of the molecule is Cl.NCC(=O)Nc1ccc(C(=O)NC2CCCCC2)cc1. The molecule has 6 heteroatoms. The Balaban J connectivity index is 0.00000220. The molecule has 1 aromatic rings. The number of carbonyl (C=O) groups excluding carboxylic acids is 2. The Bertz CT molecular complexity index is 470. The van der Waals surface area contributed by atoms with E-state index in [0.29, 0.717) is 17.3 Å². The molecule has 1 aliphatic rings. The van der Waals surface area contributed by atoms with Crippen molar-refractivity contribution in [2.45, 2.75) is 38.1 Å².